The van der Waals surface area contributed by atoms with Crippen molar-refractivity contribution in [2.75, 3.05) is 5.75 Å². The van der Waals surface area contributed by atoms with E-state index in [1.54, 1.807) is 12.1 Å². The number of hydrogen-bond donors (Lipinski definition) is 2. The van der Waals surface area contributed by atoms with Crippen molar-refractivity contribution < 1.29 is 4.39 Å². The summed E-state index contributed by atoms with van der Waals surface area (Å²) in [6.45, 7) is 6.33. The highest BCUT2D eigenvalue weighted by Gasteiger charge is 2.23. The van der Waals surface area contributed by atoms with Gasteiger partial charge in [-0.3, -0.25) is 11.3 Å². The van der Waals surface area contributed by atoms with Crippen LogP contribution in [0.4, 0.5) is 4.39 Å². The molecule has 1 aromatic rings. The fourth-order valence-corrected chi connectivity index (χ4v) is 2.61. The highest BCUT2D eigenvalue weighted by Crippen LogP contribution is 2.27. The first kappa shape index (κ1) is 13.5. The van der Waals surface area contributed by atoms with Crippen LogP contribution in [0.2, 0.25) is 0 Å². The van der Waals surface area contributed by atoms with Crippen molar-refractivity contribution in [2.45, 2.75) is 31.7 Å². The first-order valence-electron chi connectivity index (χ1n) is 5.28. The Kier molecular flexibility index (Phi) is 4.77. The quantitative estimate of drug-likeness (QED) is 0.484. The van der Waals surface area contributed by atoms with Gasteiger partial charge in [0.05, 0.1) is 0 Å². The summed E-state index contributed by atoms with van der Waals surface area (Å²) in [5.74, 6) is 6.09. The van der Waals surface area contributed by atoms with Crippen molar-refractivity contribution in [3.8, 4) is 0 Å². The van der Waals surface area contributed by atoms with E-state index in [0.717, 1.165) is 5.75 Å². The third-order valence-corrected chi connectivity index (χ3v) is 3.63. The fraction of sp³-hybridized carbons (Fsp3) is 0.500. The number of nitrogens with two attached hydrogens (primary N) is 1. The second kappa shape index (κ2) is 5.66. The normalized spacial score (nSPS) is 13.8. The predicted octanol–water partition coefficient (Wildman–Crippen LogP) is 2.80. The topological polar surface area (TPSA) is 38.0 Å². The molecule has 0 spiro atoms. The van der Waals surface area contributed by atoms with Crippen LogP contribution >= 0.6 is 11.8 Å². The molecular weight excluding hydrogens is 223 g/mol. The maximum absolute atomic E-state index is 13.4. The number of rotatable bonds is 4. The zero-order chi connectivity index (χ0) is 12.2. The van der Waals surface area contributed by atoms with Crippen LogP contribution in [0.15, 0.2) is 29.2 Å². The molecule has 16 heavy (non-hydrogen) atoms. The lowest BCUT2D eigenvalue weighted by molar-refractivity contribution is 0.294. The van der Waals surface area contributed by atoms with Gasteiger partial charge in [0.15, 0.2) is 0 Å². The van der Waals surface area contributed by atoms with Crippen LogP contribution in [-0.2, 0) is 0 Å². The zero-order valence-corrected chi connectivity index (χ0v) is 10.8. The molecule has 1 aromatic carbocycles. The molecule has 0 saturated heterocycles. The van der Waals surface area contributed by atoms with Crippen LogP contribution in [0.5, 0.6) is 0 Å². The number of hydrogen-bond acceptors (Lipinski definition) is 3. The van der Waals surface area contributed by atoms with E-state index in [4.69, 9.17) is 5.84 Å². The van der Waals surface area contributed by atoms with Crippen LogP contribution in [0, 0.1) is 11.2 Å². The van der Waals surface area contributed by atoms with Gasteiger partial charge in [-0.25, -0.2) is 4.39 Å². The van der Waals surface area contributed by atoms with Crippen molar-refractivity contribution in [1.82, 2.24) is 5.43 Å². The van der Waals surface area contributed by atoms with E-state index in [2.05, 4.69) is 26.2 Å². The van der Waals surface area contributed by atoms with Crippen LogP contribution in [-0.4, -0.2) is 11.8 Å². The maximum Gasteiger partial charge on any atom is 0.136 e. The lowest BCUT2D eigenvalue weighted by Crippen LogP contribution is -2.46. The molecule has 0 radical (unpaired) electrons. The standard InChI is InChI=1S/C12H19FN2S/c1-12(2,3)11(15-14)8-16-10-7-5-4-6-9(10)13/h4-7,11,15H,8,14H2,1-3H3. The molecule has 0 aliphatic heterocycles. The molecular formula is C12H19FN2S. The molecule has 4 heteroatoms. The van der Waals surface area contributed by atoms with Crippen molar-refractivity contribution in [1.29, 1.82) is 0 Å². The second-order valence-corrected chi connectivity index (χ2v) is 5.89. The van der Waals surface area contributed by atoms with Gasteiger partial charge in [-0.1, -0.05) is 32.9 Å². The van der Waals surface area contributed by atoms with Gasteiger partial charge in [0.2, 0.25) is 0 Å². The molecule has 0 saturated carbocycles. The first-order valence-corrected chi connectivity index (χ1v) is 6.27. The Morgan fingerprint density at radius 1 is 1.38 bits per heavy atom. The highest BCUT2D eigenvalue weighted by atomic mass is 32.2. The van der Waals surface area contributed by atoms with Gasteiger partial charge in [-0.05, 0) is 17.5 Å². The van der Waals surface area contributed by atoms with E-state index in [1.807, 2.05) is 6.07 Å². The summed E-state index contributed by atoms with van der Waals surface area (Å²) in [5, 5.41) is 0. The third kappa shape index (κ3) is 3.77. The highest BCUT2D eigenvalue weighted by molar-refractivity contribution is 7.99. The molecule has 1 rings (SSSR count). The zero-order valence-electron chi connectivity index (χ0n) is 9.96. The van der Waals surface area contributed by atoms with Crippen LogP contribution < -0.4 is 11.3 Å². The van der Waals surface area contributed by atoms with E-state index < -0.39 is 0 Å². The van der Waals surface area contributed by atoms with Crippen LogP contribution in [0.3, 0.4) is 0 Å². The Labute approximate surface area is 101 Å². The van der Waals surface area contributed by atoms with Gasteiger partial charge in [0, 0.05) is 16.7 Å². The Balaban J connectivity index is 2.60. The molecule has 90 valence electrons. The van der Waals surface area contributed by atoms with Gasteiger partial charge < -0.3 is 0 Å². The Morgan fingerprint density at radius 3 is 2.50 bits per heavy atom. The minimum absolute atomic E-state index is 0.0625. The summed E-state index contributed by atoms with van der Waals surface area (Å²) < 4.78 is 13.4. The third-order valence-electron chi connectivity index (χ3n) is 2.49. The summed E-state index contributed by atoms with van der Waals surface area (Å²) >= 11 is 1.49. The molecule has 3 N–H and O–H groups in total. The van der Waals surface area contributed by atoms with E-state index in [0.29, 0.717) is 4.90 Å². The molecule has 1 atom stereocenters. The molecule has 0 aliphatic rings. The molecule has 0 heterocycles. The molecule has 2 nitrogen and oxygen atoms in total. The van der Waals surface area contributed by atoms with Gasteiger partial charge >= 0.3 is 0 Å². The Morgan fingerprint density at radius 2 is 2.00 bits per heavy atom. The van der Waals surface area contributed by atoms with Crippen molar-refractivity contribution >= 4 is 11.8 Å². The van der Waals surface area contributed by atoms with Crippen molar-refractivity contribution in [2.24, 2.45) is 11.3 Å². The number of thioether (sulfide) groups is 1. The summed E-state index contributed by atoms with van der Waals surface area (Å²) in [4.78, 5) is 0.673. The first-order chi connectivity index (χ1) is 7.45. The summed E-state index contributed by atoms with van der Waals surface area (Å²) in [6, 6.07) is 6.95. The van der Waals surface area contributed by atoms with Gasteiger partial charge in [0.25, 0.3) is 0 Å². The van der Waals surface area contributed by atoms with E-state index in [1.165, 1.54) is 17.8 Å². The maximum atomic E-state index is 13.4. The molecule has 0 fully saturated rings. The van der Waals surface area contributed by atoms with Crippen molar-refractivity contribution in [3.05, 3.63) is 30.1 Å². The molecule has 0 aliphatic carbocycles. The average Bonchev–Trinajstić information content (AvgIpc) is 2.19. The van der Waals surface area contributed by atoms with Gasteiger partial charge in [-0.2, -0.15) is 0 Å². The Hall–Kier alpha value is -0.580. The number of benzene rings is 1. The van der Waals surface area contributed by atoms with Gasteiger partial charge in [0.1, 0.15) is 5.82 Å². The van der Waals surface area contributed by atoms with E-state index in [-0.39, 0.29) is 17.3 Å². The molecule has 0 bridgehead atoms. The van der Waals surface area contributed by atoms with E-state index >= 15 is 0 Å². The SMILES string of the molecule is CC(C)(C)C(CSc1ccccc1F)NN. The van der Waals surface area contributed by atoms with Crippen LogP contribution in [0.25, 0.3) is 0 Å². The molecule has 1 unspecified atom stereocenters. The summed E-state index contributed by atoms with van der Waals surface area (Å²) in [7, 11) is 0. The number of nitrogens with one attached hydrogen (secondary N) is 1. The predicted molar refractivity (Wildman–Crippen MR) is 67.7 cm³/mol. The fourth-order valence-electron chi connectivity index (χ4n) is 1.28. The smallest absolute Gasteiger partial charge is 0.136 e. The van der Waals surface area contributed by atoms with Gasteiger partial charge in [-0.15, -0.1) is 11.8 Å². The van der Waals surface area contributed by atoms with Crippen LogP contribution in [0.1, 0.15) is 20.8 Å². The Bertz CT molecular complexity index is 336. The molecule has 0 amide bonds. The summed E-state index contributed by atoms with van der Waals surface area (Å²) in [6.07, 6.45) is 0. The largest absolute Gasteiger partial charge is 0.271 e. The second-order valence-electron chi connectivity index (χ2n) is 4.83. The summed E-state index contributed by atoms with van der Waals surface area (Å²) in [5.41, 5.74) is 2.85. The molecule has 0 aromatic heterocycles. The average molecular weight is 242 g/mol. The number of hydrazine groups is 1. The monoisotopic (exact) mass is 242 g/mol. The lowest BCUT2D eigenvalue weighted by Gasteiger charge is -2.29. The number of halogens is 1. The van der Waals surface area contributed by atoms with Crippen molar-refractivity contribution in [3.63, 3.8) is 0 Å². The minimum Gasteiger partial charge on any atom is -0.271 e. The van der Waals surface area contributed by atoms with E-state index in [9.17, 15) is 4.39 Å². The lowest BCUT2D eigenvalue weighted by atomic mass is 9.88. The minimum atomic E-state index is -0.169.